The van der Waals surface area contributed by atoms with E-state index in [0.717, 1.165) is 40.2 Å². The summed E-state index contributed by atoms with van der Waals surface area (Å²) in [6.07, 6.45) is 2.78. The average Bonchev–Trinajstić information content (AvgIpc) is 3.21. The zero-order valence-electron chi connectivity index (χ0n) is 15.7. The molecule has 0 bridgehead atoms. The van der Waals surface area contributed by atoms with Crippen LogP contribution >= 0.6 is 11.3 Å². The number of carbonyl (C=O) groups excluding carboxylic acids is 2. The van der Waals surface area contributed by atoms with Gasteiger partial charge in [0.15, 0.2) is 0 Å². The highest BCUT2D eigenvalue weighted by atomic mass is 32.1. The molecule has 1 atom stereocenters. The largest absolute Gasteiger partial charge is 0.326 e. The number of aromatic nitrogens is 3. The summed E-state index contributed by atoms with van der Waals surface area (Å²) in [6.45, 7) is 4.18. The van der Waals surface area contributed by atoms with Crippen LogP contribution in [0.15, 0.2) is 24.3 Å². The molecule has 0 aliphatic carbocycles. The van der Waals surface area contributed by atoms with Crippen LogP contribution in [0.25, 0.3) is 10.2 Å². The van der Waals surface area contributed by atoms with E-state index in [-0.39, 0.29) is 6.04 Å². The number of amides is 1. The smallest absolute Gasteiger partial charge is 0.295 e. The van der Waals surface area contributed by atoms with Crippen molar-refractivity contribution in [3.05, 3.63) is 46.2 Å². The number of Topliss-reactive ketones (excluding diaryl/α,β-unsaturated/α-hetero) is 1. The van der Waals surface area contributed by atoms with E-state index in [9.17, 15) is 9.59 Å². The van der Waals surface area contributed by atoms with Gasteiger partial charge in [-0.2, -0.15) is 5.10 Å². The molecular formula is C20H22N4O2S. The third-order valence-corrected chi connectivity index (χ3v) is 6.43. The van der Waals surface area contributed by atoms with Crippen molar-refractivity contribution in [2.75, 3.05) is 6.54 Å². The van der Waals surface area contributed by atoms with E-state index in [1.165, 1.54) is 0 Å². The Morgan fingerprint density at radius 3 is 2.67 bits per heavy atom. The Morgan fingerprint density at radius 2 is 1.96 bits per heavy atom. The lowest BCUT2D eigenvalue weighted by Gasteiger charge is -2.34. The highest BCUT2D eigenvalue weighted by molar-refractivity contribution is 7.18. The number of hydrogen-bond acceptors (Lipinski definition) is 5. The van der Waals surface area contributed by atoms with Gasteiger partial charge >= 0.3 is 0 Å². The van der Waals surface area contributed by atoms with Crippen molar-refractivity contribution >= 4 is 33.2 Å². The van der Waals surface area contributed by atoms with Gasteiger partial charge in [0.2, 0.25) is 0 Å². The van der Waals surface area contributed by atoms with Crippen molar-refractivity contribution < 1.29 is 9.59 Å². The van der Waals surface area contributed by atoms with E-state index in [4.69, 9.17) is 4.98 Å². The van der Waals surface area contributed by atoms with E-state index in [1.807, 2.05) is 31.2 Å². The van der Waals surface area contributed by atoms with Gasteiger partial charge < -0.3 is 4.90 Å². The van der Waals surface area contributed by atoms with Gasteiger partial charge in [-0.1, -0.05) is 12.1 Å². The molecule has 1 aromatic carbocycles. The minimum absolute atomic E-state index is 0.134. The summed E-state index contributed by atoms with van der Waals surface area (Å²) < 4.78 is 2.76. The second kappa shape index (κ2) is 6.88. The Hall–Kier alpha value is -2.54. The first-order valence-electron chi connectivity index (χ1n) is 9.18. The van der Waals surface area contributed by atoms with Crippen molar-refractivity contribution in [2.45, 2.75) is 39.2 Å². The van der Waals surface area contributed by atoms with E-state index in [2.05, 4.69) is 5.10 Å². The van der Waals surface area contributed by atoms with Crippen molar-refractivity contribution in [3.8, 4) is 0 Å². The zero-order chi connectivity index (χ0) is 19.1. The predicted molar refractivity (Wildman–Crippen MR) is 105 cm³/mol. The Morgan fingerprint density at radius 1 is 1.19 bits per heavy atom. The molecule has 3 aromatic rings. The number of aryl methyl sites for hydroxylation is 2. The Kier molecular flexibility index (Phi) is 4.55. The minimum Gasteiger partial charge on any atom is -0.326 e. The molecule has 7 heteroatoms. The van der Waals surface area contributed by atoms with Crippen LogP contribution in [0.5, 0.6) is 0 Å². The van der Waals surface area contributed by atoms with Gasteiger partial charge in [-0.05, 0) is 45.2 Å². The van der Waals surface area contributed by atoms with Crippen LogP contribution in [0.2, 0.25) is 0 Å². The van der Waals surface area contributed by atoms with Crippen LogP contribution in [0.4, 0.5) is 0 Å². The van der Waals surface area contributed by atoms with E-state index < -0.39 is 11.7 Å². The fourth-order valence-corrected chi connectivity index (χ4v) is 4.92. The molecule has 1 aliphatic rings. The molecule has 0 N–H and O–H groups in total. The van der Waals surface area contributed by atoms with Gasteiger partial charge in [0, 0.05) is 19.3 Å². The van der Waals surface area contributed by atoms with Crippen molar-refractivity contribution in [1.29, 1.82) is 0 Å². The topological polar surface area (TPSA) is 68.1 Å². The van der Waals surface area contributed by atoms with Crippen molar-refractivity contribution in [1.82, 2.24) is 19.7 Å². The molecule has 3 heterocycles. The predicted octanol–water partition coefficient (Wildman–Crippen LogP) is 3.58. The van der Waals surface area contributed by atoms with Crippen LogP contribution in [-0.2, 0) is 11.8 Å². The first-order valence-corrected chi connectivity index (χ1v) is 10.00. The molecule has 2 aromatic heterocycles. The molecule has 0 radical (unpaired) electrons. The summed E-state index contributed by atoms with van der Waals surface area (Å²) in [5.74, 6) is -0.913. The highest BCUT2D eigenvalue weighted by Gasteiger charge is 2.35. The minimum atomic E-state index is -0.467. The van der Waals surface area contributed by atoms with Gasteiger partial charge in [-0.15, -0.1) is 11.3 Å². The highest BCUT2D eigenvalue weighted by Crippen LogP contribution is 2.36. The summed E-state index contributed by atoms with van der Waals surface area (Å²) >= 11 is 1.61. The molecule has 27 heavy (non-hydrogen) atoms. The molecule has 140 valence electrons. The van der Waals surface area contributed by atoms with Crippen molar-refractivity contribution in [2.24, 2.45) is 7.05 Å². The molecule has 1 fully saturated rings. The third kappa shape index (κ3) is 3.06. The van der Waals surface area contributed by atoms with Crippen LogP contribution < -0.4 is 0 Å². The second-order valence-electron chi connectivity index (χ2n) is 7.03. The number of nitrogens with zero attached hydrogens (tertiary/aromatic N) is 4. The number of fused-ring (bicyclic) bond motifs is 1. The number of thiazole rings is 1. The number of benzene rings is 1. The van der Waals surface area contributed by atoms with E-state index >= 15 is 0 Å². The number of piperidine rings is 1. The number of hydrogen-bond donors (Lipinski definition) is 0. The molecule has 1 unspecified atom stereocenters. The molecule has 1 amide bonds. The summed E-state index contributed by atoms with van der Waals surface area (Å²) in [5, 5.41) is 5.19. The first-order chi connectivity index (χ1) is 13.0. The Labute approximate surface area is 161 Å². The Balaban J connectivity index is 1.67. The van der Waals surface area contributed by atoms with Crippen molar-refractivity contribution in [3.63, 3.8) is 0 Å². The quantitative estimate of drug-likeness (QED) is 0.513. The molecule has 0 spiro atoms. The fraction of sp³-hybridized carbons (Fsp3) is 0.400. The lowest BCUT2D eigenvalue weighted by Crippen LogP contribution is -2.42. The fourth-order valence-electron chi connectivity index (χ4n) is 3.80. The Bertz CT molecular complexity index is 1000. The normalized spacial score (nSPS) is 17.4. The standard InChI is InChI=1S/C20H22N4O2S/c1-12-17(13(2)23(3)22-12)18(25)20(26)24-11-7-6-9-15(24)19-21-14-8-4-5-10-16(14)27-19/h4-5,8,10,15H,6-7,9,11H2,1-3H3. The molecular weight excluding hydrogens is 360 g/mol. The molecule has 4 rings (SSSR count). The van der Waals surface area contributed by atoms with Crippen LogP contribution in [0.1, 0.15) is 52.1 Å². The molecule has 1 saturated heterocycles. The van der Waals surface area contributed by atoms with Crippen LogP contribution in [0, 0.1) is 13.8 Å². The zero-order valence-corrected chi connectivity index (χ0v) is 16.5. The maximum absolute atomic E-state index is 13.1. The number of rotatable bonds is 3. The lowest BCUT2D eigenvalue weighted by atomic mass is 10.00. The summed E-state index contributed by atoms with van der Waals surface area (Å²) in [4.78, 5) is 32.6. The number of ketones is 1. The summed E-state index contributed by atoms with van der Waals surface area (Å²) in [6, 6.07) is 7.85. The number of likely N-dealkylation sites (tertiary alicyclic amines) is 1. The number of carbonyl (C=O) groups is 2. The molecule has 0 saturated carbocycles. The first kappa shape index (κ1) is 17.9. The van der Waals surface area contributed by atoms with Gasteiger partial charge in [-0.25, -0.2) is 4.98 Å². The molecule has 6 nitrogen and oxygen atoms in total. The van der Waals surface area contributed by atoms with E-state index in [1.54, 1.807) is 34.9 Å². The average molecular weight is 382 g/mol. The van der Waals surface area contributed by atoms with Gasteiger partial charge in [0.1, 0.15) is 5.01 Å². The maximum atomic E-state index is 13.1. The summed E-state index contributed by atoms with van der Waals surface area (Å²) in [7, 11) is 1.79. The number of para-hydroxylation sites is 1. The maximum Gasteiger partial charge on any atom is 0.295 e. The van der Waals surface area contributed by atoms with Gasteiger partial charge in [0.25, 0.3) is 11.7 Å². The van der Waals surface area contributed by atoms with E-state index in [0.29, 0.717) is 17.8 Å². The monoisotopic (exact) mass is 382 g/mol. The van der Waals surface area contributed by atoms with Gasteiger partial charge in [0.05, 0.1) is 27.5 Å². The van der Waals surface area contributed by atoms with Gasteiger partial charge in [-0.3, -0.25) is 14.3 Å². The summed E-state index contributed by atoms with van der Waals surface area (Å²) in [5.41, 5.74) is 2.69. The lowest BCUT2D eigenvalue weighted by molar-refractivity contribution is -0.130. The second-order valence-corrected chi connectivity index (χ2v) is 8.09. The van der Waals surface area contributed by atoms with Crippen LogP contribution in [0.3, 0.4) is 0 Å². The third-order valence-electron chi connectivity index (χ3n) is 5.29. The molecule has 1 aliphatic heterocycles. The SMILES string of the molecule is Cc1nn(C)c(C)c1C(=O)C(=O)N1CCCCC1c1nc2ccccc2s1. The van der Waals surface area contributed by atoms with Crippen LogP contribution in [-0.4, -0.2) is 37.9 Å².